The fourth-order valence-corrected chi connectivity index (χ4v) is 4.57. The van der Waals surface area contributed by atoms with Crippen molar-refractivity contribution in [1.82, 2.24) is 10.1 Å². The van der Waals surface area contributed by atoms with Crippen LogP contribution in [-0.4, -0.2) is 29.2 Å². The number of benzene rings is 1. The van der Waals surface area contributed by atoms with E-state index < -0.39 is 0 Å². The van der Waals surface area contributed by atoms with Crippen LogP contribution in [-0.2, 0) is 0 Å². The lowest BCUT2D eigenvalue weighted by molar-refractivity contribution is 0.122. The molecule has 0 saturated carbocycles. The van der Waals surface area contributed by atoms with E-state index in [1.54, 1.807) is 0 Å². The van der Waals surface area contributed by atoms with Gasteiger partial charge in [-0.1, -0.05) is 28.9 Å². The third-order valence-corrected chi connectivity index (χ3v) is 5.79. The van der Waals surface area contributed by atoms with E-state index in [4.69, 9.17) is 16.1 Å². The van der Waals surface area contributed by atoms with Gasteiger partial charge in [-0.15, -0.1) is 12.4 Å². The summed E-state index contributed by atoms with van der Waals surface area (Å²) in [4.78, 5) is 2.55. The average Bonchev–Trinajstić information content (AvgIpc) is 3.02. The number of fused-ring (bicyclic) bond motifs is 2. The first-order valence-electron chi connectivity index (χ1n) is 8.04. The van der Waals surface area contributed by atoms with Crippen LogP contribution in [0, 0.1) is 6.92 Å². The van der Waals surface area contributed by atoms with Gasteiger partial charge in [0, 0.05) is 29.1 Å². The molecule has 0 N–H and O–H groups in total. The molecule has 4 unspecified atom stereocenters. The Kier molecular flexibility index (Phi) is 4.73. The number of likely N-dealkylation sites (N-methyl/N-ethyl adjacent to an activating group) is 1. The van der Waals surface area contributed by atoms with Crippen LogP contribution < -0.4 is 0 Å². The molecular weight excluding hydrogens is 331 g/mol. The Balaban J connectivity index is 0.00000156. The molecule has 124 valence electrons. The normalized spacial score (nSPS) is 30.2. The molecule has 3 nitrogen and oxygen atoms in total. The minimum Gasteiger partial charge on any atom is -0.361 e. The van der Waals surface area contributed by atoms with E-state index >= 15 is 0 Å². The fourth-order valence-electron chi connectivity index (χ4n) is 4.45. The minimum atomic E-state index is 0. The van der Waals surface area contributed by atoms with Crippen LogP contribution >= 0.6 is 24.0 Å². The highest BCUT2D eigenvalue weighted by atomic mass is 35.5. The first-order valence-corrected chi connectivity index (χ1v) is 8.42. The van der Waals surface area contributed by atoms with Gasteiger partial charge in [0.2, 0.25) is 0 Å². The van der Waals surface area contributed by atoms with Crippen LogP contribution in [0.5, 0.6) is 0 Å². The van der Waals surface area contributed by atoms with Crippen molar-refractivity contribution < 1.29 is 4.52 Å². The number of aryl methyl sites for hydroxylation is 1. The Morgan fingerprint density at radius 1 is 1.22 bits per heavy atom. The topological polar surface area (TPSA) is 29.3 Å². The zero-order chi connectivity index (χ0) is 15.3. The standard InChI is InChI=1S/C18H21ClN2O.ClH/c1-11-9-17(22-20-11)18-15(12-3-5-13(19)6-4-12)10-14-7-8-16(18)21(14)2;/h3-6,9,14-16,18H,7-8,10H2,1-2H3;1H. The second-order valence-electron chi connectivity index (χ2n) is 6.75. The average molecular weight is 353 g/mol. The summed E-state index contributed by atoms with van der Waals surface area (Å²) in [6.45, 7) is 1.99. The molecular formula is C18H22Cl2N2O. The molecule has 2 fully saturated rings. The van der Waals surface area contributed by atoms with E-state index in [0.29, 0.717) is 23.9 Å². The Bertz CT molecular complexity index is 670. The number of aromatic nitrogens is 1. The molecule has 1 aromatic carbocycles. The van der Waals surface area contributed by atoms with Gasteiger partial charge < -0.3 is 4.52 Å². The number of hydrogen-bond donors (Lipinski definition) is 0. The van der Waals surface area contributed by atoms with Gasteiger partial charge in [0.05, 0.1) is 5.69 Å². The van der Waals surface area contributed by atoms with Crippen LogP contribution in [0.1, 0.15) is 48.1 Å². The van der Waals surface area contributed by atoms with Crippen molar-refractivity contribution in [3.05, 3.63) is 52.4 Å². The fraction of sp³-hybridized carbons (Fsp3) is 0.500. The van der Waals surface area contributed by atoms with Crippen LogP contribution in [0.4, 0.5) is 0 Å². The third kappa shape index (κ3) is 2.90. The maximum atomic E-state index is 6.06. The van der Waals surface area contributed by atoms with Gasteiger partial charge in [-0.25, -0.2) is 0 Å². The molecule has 2 bridgehead atoms. The summed E-state index contributed by atoms with van der Waals surface area (Å²) >= 11 is 6.06. The summed E-state index contributed by atoms with van der Waals surface area (Å²) in [5.74, 6) is 1.90. The molecule has 2 aliphatic rings. The van der Waals surface area contributed by atoms with E-state index in [9.17, 15) is 0 Å². The van der Waals surface area contributed by atoms with Crippen molar-refractivity contribution in [2.45, 2.75) is 50.1 Å². The maximum absolute atomic E-state index is 6.06. The number of hydrogen-bond acceptors (Lipinski definition) is 3. The van der Waals surface area contributed by atoms with Gasteiger partial charge in [0.1, 0.15) is 5.76 Å². The zero-order valence-corrected chi connectivity index (χ0v) is 15.0. The molecule has 2 aromatic rings. The summed E-state index contributed by atoms with van der Waals surface area (Å²) in [5, 5.41) is 4.92. The molecule has 1 aromatic heterocycles. The largest absolute Gasteiger partial charge is 0.361 e. The number of halogens is 2. The Hall–Kier alpha value is -1.03. The lowest BCUT2D eigenvalue weighted by Crippen LogP contribution is -2.44. The summed E-state index contributed by atoms with van der Waals surface area (Å²) in [5.41, 5.74) is 2.33. The molecule has 5 heteroatoms. The van der Waals surface area contributed by atoms with Gasteiger partial charge in [-0.2, -0.15) is 0 Å². The van der Waals surface area contributed by atoms with Crippen molar-refractivity contribution >= 4 is 24.0 Å². The minimum absolute atomic E-state index is 0. The lowest BCUT2D eigenvalue weighted by atomic mass is 9.75. The number of rotatable bonds is 2. The molecule has 2 aliphatic heterocycles. The van der Waals surface area contributed by atoms with Crippen molar-refractivity contribution in [3.8, 4) is 0 Å². The molecule has 0 amide bonds. The summed E-state index contributed by atoms with van der Waals surface area (Å²) in [6.07, 6.45) is 3.71. The Morgan fingerprint density at radius 3 is 2.61 bits per heavy atom. The molecule has 4 rings (SSSR count). The zero-order valence-electron chi connectivity index (χ0n) is 13.4. The first kappa shape index (κ1) is 16.8. The monoisotopic (exact) mass is 352 g/mol. The predicted octanol–water partition coefficient (Wildman–Crippen LogP) is 4.79. The molecule has 0 radical (unpaired) electrons. The van der Waals surface area contributed by atoms with Crippen molar-refractivity contribution in [2.75, 3.05) is 7.05 Å². The highest BCUT2D eigenvalue weighted by Gasteiger charge is 2.47. The van der Waals surface area contributed by atoms with Crippen LogP contribution in [0.15, 0.2) is 34.9 Å². The molecule has 0 aliphatic carbocycles. The van der Waals surface area contributed by atoms with Gasteiger partial charge in [-0.05, 0) is 56.8 Å². The number of piperidine rings is 1. The van der Waals surface area contributed by atoms with E-state index in [-0.39, 0.29) is 12.4 Å². The van der Waals surface area contributed by atoms with E-state index in [1.165, 1.54) is 24.8 Å². The summed E-state index contributed by atoms with van der Waals surface area (Å²) in [6, 6.07) is 11.7. The van der Waals surface area contributed by atoms with Gasteiger partial charge in [0.15, 0.2) is 0 Å². The smallest absolute Gasteiger partial charge is 0.142 e. The van der Waals surface area contributed by atoms with E-state index in [2.05, 4.69) is 35.3 Å². The molecule has 2 saturated heterocycles. The van der Waals surface area contributed by atoms with Gasteiger partial charge in [-0.3, -0.25) is 4.90 Å². The molecule has 0 spiro atoms. The molecule has 4 atom stereocenters. The second-order valence-corrected chi connectivity index (χ2v) is 7.19. The maximum Gasteiger partial charge on any atom is 0.142 e. The van der Waals surface area contributed by atoms with Crippen LogP contribution in [0.25, 0.3) is 0 Å². The van der Waals surface area contributed by atoms with E-state index in [0.717, 1.165) is 16.5 Å². The van der Waals surface area contributed by atoms with Crippen molar-refractivity contribution in [1.29, 1.82) is 0 Å². The number of nitrogens with zero attached hydrogens (tertiary/aromatic N) is 2. The molecule has 23 heavy (non-hydrogen) atoms. The summed E-state index contributed by atoms with van der Waals surface area (Å²) in [7, 11) is 2.26. The highest BCUT2D eigenvalue weighted by Crippen LogP contribution is 2.50. The predicted molar refractivity (Wildman–Crippen MR) is 94.6 cm³/mol. The Morgan fingerprint density at radius 2 is 1.96 bits per heavy atom. The van der Waals surface area contributed by atoms with Gasteiger partial charge >= 0.3 is 0 Å². The quantitative estimate of drug-likeness (QED) is 0.777. The summed E-state index contributed by atoms with van der Waals surface area (Å²) < 4.78 is 5.68. The van der Waals surface area contributed by atoms with Crippen LogP contribution in [0.3, 0.4) is 0 Å². The van der Waals surface area contributed by atoms with E-state index in [1.807, 2.05) is 19.1 Å². The third-order valence-electron chi connectivity index (χ3n) is 5.54. The van der Waals surface area contributed by atoms with Crippen LogP contribution in [0.2, 0.25) is 5.02 Å². The Labute approximate surface area is 148 Å². The van der Waals surface area contributed by atoms with Gasteiger partial charge in [0.25, 0.3) is 0 Å². The SMILES string of the molecule is Cc1cc(C2C(c3ccc(Cl)cc3)CC3CCC2N3C)on1.Cl. The van der Waals surface area contributed by atoms with Crippen molar-refractivity contribution in [2.24, 2.45) is 0 Å². The molecule has 3 heterocycles. The first-order chi connectivity index (χ1) is 10.6. The lowest BCUT2D eigenvalue weighted by Gasteiger charge is -2.42. The second kappa shape index (κ2) is 6.46. The van der Waals surface area contributed by atoms with Crippen molar-refractivity contribution in [3.63, 3.8) is 0 Å². The highest BCUT2D eigenvalue weighted by molar-refractivity contribution is 6.30.